The summed E-state index contributed by atoms with van der Waals surface area (Å²) < 4.78 is 5.20. The number of rotatable bonds is 5. The van der Waals surface area contributed by atoms with Crippen LogP contribution in [0.15, 0.2) is 24.3 Å². The first-order valence-electron chi connectivity index (χ1n) is 7.79. The number of methoxy groups -OCH3 is 1. The summed E-state index contributed by atoms with van der Waals surface area (Å²) in [6.45, 7) is 6.93. The Bertz CT molecular complexity index is 404. The first-order valence-corrected chi connectivity index (χ1v) is 7.79. The molecule has 1 heterocycles. The molecule has 20 heavy (non-hydrogen) atoms. The van der Waals surface area contributed by atoms with Crippen LogP contribution in [-0.4, -0.2) is 31.1 Å². The van der Waals surface area contributed by atoms with Crippen molar-refractivity contribution >= 4 is 0 Å². The minimum absolute atomic E-state index is 0.0662. The fraction of sp³-hybridized carbons (Fsp3) is 0.647. The average Bonchev–Trinajstić information content (AvgIpc) is 2.53. The lowest BCUT2D eigenvalue weighted by atomic mass is 9.92. The smallest absolute Gasteiger partial charge is 0.118 e. The number of ether oxygens (including phenoxy) is 1. The molecule has 2 N–H and O–H groups in total. The van der Waals surface area contributed by atoms with Crippen LogP contribution in [-0.2, 0) is 0 Å². The Labute approximate surface area is 123 Å². The number of likely N-dealkylation sites (tertiary alicyclic amines) is 1. The van der Waals surface area contributed by atoms with Crippen molar-refractivity contribution in [2.24, 2.45) is 11.7 Å². The lowest BCUT2D eigenvalue weighted by Crippen LogP contribution is -2.46. The molecule has 0 aliphatic carbocycles. The Balaban J connectivity index is 2.01. The summed E-state index contributed by atoms with van der Waals surface area (Å²) in [5.41, 5.74) is 7.66. The third-order valence-electron chi connectivity index (χ3n) is 4.72. The van der Waals surface area contributed by atoms with Gasteiger partial charge in [-0.3, -0.25) is 4.90 Å². The molecule has 0 bridgehead atoms. The van der Waals surface area contributed by atoms with Crippen molar-refractivity contribution in [3.8, 4) is 5.75 Å². The van der Waals surface area contributed by atoms with Gasteiger partial charge in [-0.15, -0.1) is 0 Å². The van der Waals surface area contributed by atoms with E-state index in [1.807, 2.05) is 12.1 Å². The van der Waals surface area contributed by atoms with Gasteiger partial charge in [-0.25, -0.2) is 0 Å². The second kappa shape index (κ2) is 7.09. The Morgan fingerprint density at radius 2 is 2.05 bits per heavy atom. The van der Waals surface area contributed by atoms with Crippen LogP contribution in [0.2, 0.25) is 0 Å². The molecule has 1 aromatic carbocycles. The van der Waals surface area contributed by atoms with Gasteiger partial charge in [0.15, 0.2) is 0 Å². The molecule has 2 rings (SSSR count). The standard InChI is InChI=1S/C17H28N2O/c1-4-14-6-5-11-19(12-14)13(2)17(18)15-7-9-16(20-3)10-8-15/h7-10,13-14,17H,4-6,11-12,18H2,1-3H3. The van der Waals surface area contributed by atoms with Crippen molar-refractivity contribution in [2.75, 3.05) is 20.2 Å². The topological polar surface area (TPSA) is 38.5 Å². The van der Waals surface area contributed by atoms with Gasteiger partial charge in [0.25, 0.3) is 0 Å². The Kier molecular flexibility index (Phi) is 5.44. The van der Waals surface area contributed by atoms with Crippen molar-refractivity contribution in [1.82, 2.24) is 4.90 Å². The van der Waals surface area contributed by atoms with Gasteiger partial charge in [0.2, 0.25) is 0 Å². The molecular weight excluding hydrogens is 248 g/mol. The Morgan fingerprint density at radius 1 is 1.35 bits per heavy atom. The molecule has 0 aromatic heterocycles. The molecule has 3 nitrogen and oxygen atoms in total. The van der Waals surface area contributed by atoms with Crippen molar-refractivity contribution < 1.29 is 4.74 Å². The van der Waals surface area contributed by atoms with Gasteiger partial charge in [0, 0.05) is 18.6 Å². The Morgan fingerprint density at radius 3 is 2.65 bits per heavy atom. The van der Waals surface area contributed by atoms with Gasteiger partial charge in [-0.1, -0.05) is 25.5 Å². The monoisotopic (exact) mass is 276 g/mol. The summed E-state index contributed by atoms with van der Waals surface area (Å²) in [6, 6.07) is 8.61. The number of hydrogen-bond donors (Lipinski definition) is 1. The molecule has 3 unspecified atom stereocenters. The third kappa shape index (κ3) is 3.53. The molecule has 1 aliphatic rings. The van der Waals surface area contributed by atoms with E-state index in [2.05, 4.69) is 30.9 Å². The highest BCUT2D eigenvalue weighted by Gasteiger charge is 2.26. The van der Waals surface area contributed by atoms with Gasteiger partial charge in [-0.05, 0) is 49.9 Å². The largest absolute Gasteiger partial charge is 0.497 e. The summed E-state index contributed by atoms with van der Waals surface area (Å²) in [5, 5.41) is 0. The summed E-state index contributed by atoms with van der Waals surface area (Å²) in [7, 11) is 1.69. The van der Waals surface area contributed by atoms with E-state index < -0.39 is 0 Å². The fourth-order valence-corrected chi connectivity index (χ4v) is 3.13. The zero-order valence-electron chi connectivity index (χ0n) is 13.0. The third-order valence-corrected chi connectivity index (χ3v) is 4.72. The maximum Gasteiger partial charge on any atom is 0.118 e. The predicted octanol–water partition coefficient (Wildman–Crippen LogP) is 3.21. The van der Waals surface area contributed by atoms with E-state index in [-0.39, 0.29) is 6.04 Å². The molecule has 3 atom stereocenters. The second-order valence-corrected chi connectivity index (χ2v) is 5.95. The van der Waals surface area contributed by atoms with E-state index in [9.17, 15) is 0 Å². The van der Waals surface area contributed by atoms with E-state index in [1.54, 1.807) is 7.11 Å². The first kappa shape index (κ1) is 15.3. The van der Waals surface area contributed by atoms with Gasteiger partial charge in [0.05, 0.1) is 7.11 Å². The quantitative estimate of drug-likeness (QED) is 0.897. The van der Waals surface area contributed by atoms with Crippen LogP contribution < -0.4 is 10.5 Å². The van der Waals surface area contributed by atoms with E-state index in [4.69, 9.17) is 10.5 Å². The van der Waals surface area contributed by atoms with Crippen LogP contribution in [0.4, 0.5) is 0 Å². The maximum absolute atomic E-state index is 6.47. The van der Waals surface area contributed by atoms with Crippen molar-refractivity contribution in [3.63, 3.8) is 0 Å². The average molecular weight is 276 g/mol. The normalized spacial score (nSPS) is 23.3. The maximum atomic E-state index is 6.47. The summed E-state index contributed by atoms with van der Waals surface area (Å²) in [6.07, 6.45) is 3.96. The van der Waals surface area contributed by atoms with Gasteiger partial charge in [-0.2, -0.15) is 0 Å². The molecular formula is C17H28N2O. The molecule has 0 saturated carbocycles. The first-order chi connectivity index (χ1) is 9.65. The Hall–Kier alpha value is -1.06. The van der Waals surface area contributed by atoms with Crippen LogP contribution in [0.5, 0.6) is 5.75 Å². The number of hydrogen-bond acceptors (Lipinski definition) is 3. The highest BCUT2D eigenvalue weighted by Crippen LogP contribution is 2.26. The van der Waals surface area contributed by atoms with Crippen LogP contribution in [0.25, 0.3) is 0 Å². The fourth-order valence-electron chi connectivity index (χ4n) is 3.13. The van der Waals surface area contributed by atoms with Crippen molar-refractivity contribution in [3.05, 3.63) is 29.8 Å². The molecule has 1 fully saturated rings. The number of nitrogens with two attached hydrogens (primary N) is 1. The molecule has 3 heteroatoms. The number of piperidine rings is 1. The molecule has 0 radical (unpaired) electrons. The molecule has 0 amide bonds. The zero-order chi connectivity index (χ0) is 14.5. The van der Waals surface area contributed by atoms with E-state index in [1.165, 1.54) is 37.9 Å². The van der Waals surface area contributed by atoms with Gasteiger partial charge < -0.3 is 10.5 Å². The minimum Gasteiger partial charge on any atom is -0.497 e. The van der Waals surface area contributed by atoms with Crippen LogP contribution in [0.1, 0.15) is 44.7 Å². The van der Waals surface area contributed by atoms with Gasteiger partial charge in [0.1, 0.15) is 5.75 Å². The van der Waals surface area contributed by atoms with Gasteiger partial charge >= 0.3 is 0 Å². The van der Waals surface area contributed by atoms with Crippen LogP contribution >= 0.6 is 0 Å². The highest BCUT2D eigenvalue weighted by molar-refractivity contribution is 5.29. The lowest BCUT2D eigenvalue weighted by Gasteiger charge is -2.39. The summed E-state index contributed by atoms with van der Waals surface area (Å²) in [4.78, 5) is 2.56. The van der Waals surface area contributed by atoms with Crippen LogP contribution in [0.3, 0.4) is 0 Å². The molecule has 1 aliphatic heterocycles. The van der Waals surface area contributed by atoms with E-state index in [0.717, 1.165) is 11.7 Å². The van der Waals surface area contributed by atoms with E-state index in [0.29, 0.717) is 6.04 Å². The zero-order valence-corrected chi connectivity index (χ0v) is 13.0. The molecule has 1 aromatic rings. The number of nitrogens with zero attached hydrogens (tertiary/aromatic N) is 1. The molecule has 112 valence electrons. The molecule has 1 saturated heterocycles. The SMILES string of the molecule is CCC1CCCN(C(C)C(N)c2ccc(OC)cc2)C1. The van der Waals surface area contributed by atoms with Crippen LogP contribution in [0, 0.1) is 5.92 Å². The minimum atomic E-state index is 0.0662. The van der Waals surface area contributed by atoms with Crippen molar-refractivity contribution in [2.45, 2.75) is 45.2 Å². The lowest BCUT2D eigenvalue weighted by molar-refractivity contribution is 0.114. The second-order valence-electron chi connectivity index (χ2n) is 5.95. The highest BCUT2D eigenvalue weighted by atomic mass is 16.5. The number of benzene rings is 1. The summed E-state index contributed by atoms with van der Waals surface area (Å²) in [5.74, 6) is 1.73. The molecule has 0 spiro atoms. The van der Waals surface area contributed by atoms with Crippen molar-refractivity contribution in [1.29, 1.82) is 0 Å². The predicted molar refractivity (Wildman–Crippen MR) is 84.0 cm³/mol. The van der Waals surface area contributed by atoms with E-state index >= 15 is 0 Å². The summed E-state index contributed by atoms with van der Waals surface area (Å²) >= 11 is 0.